The summed E-state index contributed by atoms with van der Waals surface area (Å²) in [7, 11) is 0. The number of allylic oxidation sites excluding steroid dienone is 2. The van der Waals surface area contributed by atoms with Gasteiger partial charge in [-0.2, -0.15) is 0 Å². The zero-order chi connectivity index (χ0) is 20.5. The van der Waals surface area contributed by atoms with Crippen LogP contribution in [0.15, 0.2) is 54.4 Å². The van der Waals surface area contributed by atoms with Gasteiger partial charge in [0.25, 0.3) is 0 Å². The summed E-state index contributed by atoms with van der Waals surface area (Å²) in [5, 5.41) is 9.18. The van der Waals surface area contributed by atoms with Crippen LogP contribution < -0.4 is 16.0 Å². The molecule has 1 fully saturated rings. The van der Waals surface area contributed by atoms with Gasteiger partial charge in [0.05, 0.1) is 23.7 Å². The number of nitrogens with one attached hydrogen (secondary N) is 3. The Balaban J connectivity index is 1.30. The highest BCUT2D eigenvalue weighted by atomic mass is 16.2. The highest BCUT2D eigenvalue weighted by Crippen LogP contribution is 2.33. The van der Waals surface area contributed by atoms with Crippen molar-refractivity contribution in [1.29, 1.82) is 0 Å². The fourth-order valence-corrected chi connectivity index (χ4v) is 3.73. The minimum Gasteiger partial charge on any atom is -0.355 e. The van der Waals surface area contributed by atoms with E-state index < -0.39 is 0 Å². The van der Waals surface area contributed by atoms with Gasteiger partial charge < -0.3 is 16.0 Å². The maximum absolute atomic E-state index is 12.3. The normalized spacial score (nSPS) is 19.7. The average molecular weight is 401 g/mol. The zero-order valence-electron chi connectivity index (χ0n) is 16.5. The van der Waals surface area contributed by atoms with Gasteiger partial charge in [0.15, 0.2) is 0 Å². The van der Waals surface area contributed by atoms with Crippen molar-refractivity contribution < 1.29 is 9.59 Å². The summed E-state index contributed by atoms with van der Waals surface area (Å²) in [6.07, 6.45) is 10.9. The van der Waals surface area contributed by atoms with Crippen molar-refractivity contribution in [3.8, 4) is 11.3 Å². The Morgan fingerprint density at radius 2 is 2.10 bits per heavy atom. The Kier molecular flexibility index (Phi) is 4.78. The SMILES string of the molecule is O=C1Cc2cnc(NC3=CCC(C(=O)NCC4CC4)C=C3)nc2-c2ccccc2N1. The van der Waals surface area contributed by atoms with Crippen molar-refractivity contribution in [1.82, 2.24) is 15.3 Å². The molecule has 0 saturated heterocycles. The van der Waals surface area contributed by atoms with E-state index in [4.69, 9.17) is 0 Å². The summed E-state index contributed by atoms with van der Waals surface area (Å²) in [6.45, 7) is 0.791. The lowest BCUT2D eigenvalue weighted by atomic mass is 9.98. The van der Waals surface area contributed by atoms with E-state index >= 15 is 0 Å². The molecule has 2 heterocycles. The first-order valence-corrected chi connectivity index (χ1v) is 10.3. The largest absolute Gasteiger partial charge is 0.355 e. The summed E-state index contributed by atoms with van der Waals surface area (Å²) in [4.78, 5) is 33.5. The summed E-state index contributed by atoms with van der Waals surface area (Å²) < 4.78 is 0. The maximum atomic E-state index is 12.3. The molecular weight excluding hydrogens is 378 g/mol. The molecule has 0 spiro atoms. The Hall–Kier alpha value is -3.48. The van der Waals surface area contributed by atoms with Gasteiger partial charge in [0, 0.05) is 29.6 Å². The fraction of sp³-hybridized carbons (Fsp3) is 0.304. The molecule has 152 valence electrons. The molecule has 3 N–H and O–H groups in total. The van der Waals surface area contributed by atoms with Gasteiger partial charge in [-0.1, -0.05) is 30.4 Å². The number of carbonyl (C=O) groups is 2. The molecule has 2 aromatic rings. The second kappa shape index (κ2) is 7.74. The number of hydrogen-bond donors (Lipinski definition) is 3. The van der Waals surface area contributed by atoms with Crippen LogP contribution in [0.4, 0.5) is 11.6 Å². The second-order valence-corrected chi connectivity index (χ2v) is 8.01. The summed E-state index contributed by atoms with van der Waals surface area (Å²) in [5.41, 5.74) is 4.03. The molecule has 30 heavy (non-hydrogen) atoms. The van der Waals surface area contributed by atoms with Gasteiger partial charge in [-0.3, -0.25) is 9.59 Å². The minimum absolute atomic E-state index is 0.0746. The van der Waals surface area contributed by atoms with E-state index in [0.29, 0.717) is 18.3 Å². The predicted molar refractivity (Wildman–Crippen MR) is 114 cm³/mol. The maximum Gasteiger partial charge on any atom is 0.228 e. The van der Waals surface area contributed by atoms with E-state index in [1.807, 2.05) is 42.5 Å². The Labute approximate surface area is 174 Å². The molecule has 2 amide bonds. The molecule has 1 aromatic heterocycles. The van der Waals surface area contributed by atoms with Crippen molar-refractivity contribution >= 4 is 23.5 Å². The Morgan fingerprint density at radius 3 is 2.90 bits per heavy atom. The van der Waals surface area contributed by atoms with Crippen LogP contribution in [0.1, 0.15) is 24.8 Å². The molecule has 2 aliphatic carbocycles. The molecule has 0 bridgehead atoms. The third-order valence-corrected chi connectivity index (χ3v) is 5.63. The Bertz CT molecular complexity index is 1070. The van der Waals surface area contributed by atoms with Crippen LogP contribution in [0, 0.1) is 11.8 Å². The first-order chi connectivity index (χ1) is 14.7. The number of nitrogens with zero attached hydrogens (tertiary/aromatic N) is 2. The van der Waals surface area contributed by atoms with Gasteiger partial charge in [-0.05, 0) is 37.3 Å². The molecule has 1 atom stereocenters. The summed E-state index contributed by atoms with van der Waals surface area (Å²) >= 11 is 0. The molecule has 5 rings (SSSR count). The van der Waals surface area contributed by atoms with E-state index in [-0.39, 0.29) is 24.2 Å². The molecule has 1 aliphatic heterocycles. The molecule has 1 saturated carbocycles. The van der Waals surface area contributed by atoms with Crippen LogP contribution in [-0.2, 0) is 16.0 Å². The minimum atomic E-state index is -0.133. The number of anilines is 2. The van der Waals surface area contributed by atoms with Crippen molar-refractivity contribution in [2.45, 2.75) is 25.7 Å². The van der Waals surface area contributed by atoms with Crippen LogP contribution in [0.5, 0.6) is 0 Å². The standard InChI is InChI=1S/C23H23N5O2/c29-20-11-16-13-25-23(28-21(16)18-3-1-2-4-19(18)27-20)26-17-9-7-15(8-10-17)22(30)24-12-14-5-6-14/h1-4,7,9-10,13-15H,5-6,8,11-12H2,(H,24,30)(H,27,29)(H,25,26,28). The van der Waals surface area contributed by atoms with Crippen molar-refractivity contribution in [3.05, 3.63) is 60.0 Å². The van der Waals surface area contributed by atoms with Gasteiger partial charge in [-0.15, -0.1) is 0 Å². The number of para-hydroxylation sites is 1. The molecular formula is C23H23N5O2. The topological polar surface area (TPSA) is 96.0 Å². The molecule has 7 nitrogen and oxygen atoms in total. The molecule has 1 aromatic carbocycles. The van der Waals surface area contributed by atoms with Crippen LogP contribution >= 0.6 is 0 Å². The number of fused-ring (bicyclic) bond motifs is 3. The molecule has 3 aliphatic rings. The van der Waals surface area contributed by atoms with Gasteiger partial charge in [0.1, 0.15) is 0 Å². The number of carbonyl (C=O) groups excluding carboxylic acids is 2. The lowest BCUT2D eigenvalue weighted by Gasteiger charge is -2.17. The van der Waals surface area contributed by atoms with E-state index in [0.717, 1.165) is 34.8 Å². The highest BCUT2D eigenvalue weighted by Gasteiger charge is 2.24. The monoisotopic (exact) mass is 401 g/mol. The third kappa shape index (κ3) is 3.96. The van der Waals surface area contributed by atoms with Crippen molar-refractivity contribution in [2.24, 2.45) is 11.8 Å². The number of rotatable bonds is 5. The number of aromatic nitrogens is 2. The number of amides is 2. The van der Waals surface area contributed by atoms with Crippen molar-refractivity contribution in [3.63, 3.8) is 0 Å². The van der Waals surface area contributed by atoms with Crippen LogP contribution in [-0.4, -0.2) is 28.3 Å². The lowest BCUT2D eigenvalue weighted by molar-refractivity contribution is -0.123. The lowest BCUT2D eigenvalue weighted by Crippen LogP contribution is -2.31. The van der Waals surface area contributed by atoms with Crippen molar-refractivity contribution in [2.75, 3.05) is 17.2 Å². The van der Waals surface area contributed by atoms with Crippen LogP contribution in [0.3, 0.4) is 0 Å². The van der Waals surface area contributed by atoms with Gasteiger partial charge >= 0.3 is 0 Å². The van der Waals surface area contributed by atoms with Gasteiger partial charge in [0.2, 0.25) is 17.8 Å². The second-order valence-electron chi connectivity index (χ2n) is 8.01. The van der Waals surface area contributed by atoms with Crippen LogP contribution in [0.25, 0.3) is 11.3 Å². The Morgan fingerprint density at radius 1 is 1.23 bits per heavy atom. The van der Waals surface area contributed by atoms with Gasteiger partial charge in [-0.25, -0.2) is 9.97 Å². The summed E-state index contributed by atoms with van der Waals surface area (Å²) in [5.74, 6) is 1.02. The van der Waals surface area contributed by atoms with E-state index in [1.165, 1.54) is 12.8 Å². The average Bonchev–Trinajstić information content (AvgIpc) is 3.59. The predicted octanol–water partition coefficient (Wildman–Crippen LogP) is 3.04. The third-order valence-electron chi connectivity index (χ3n) is 5.63. The van der Waals surface area contributed by atoms with E-state index in [9.17, 15) is 9.59 Å². The smallest absolute Gasteiger partial charge is 0.228 e. The van der Waals surface area contributed by atoms with Crippen LogP contribution in [0.2, 0.25) is 0 Å². The van der Waals surface area contributed by atoms with E-state index in [1.54, 1.807) is 6.20 Å². The first kappa shape index (κ1) is 18.5. The first-order valence-electron chi connectivity index (χ1n) is 10.3. The summed E-state index contributed by atoms with van der Waals surface area (Å²) in [6, 6.07) is 7.63. The fourth-order valence-electron chi connectivity index (χ4n) is 3.73. The van der Waals surface area contributed by atoms with E-state index in [2.05, 4.69) is 25.9 Å². The quantitative estimate of drug-likeness (QED) is 0.716. The highest BCUT2D eigenvalue weighted by molar-refractivity contribution is 5.99. The number of hydrogen-bond acceptors (Lipinski definition) is 5. The molecule has 0 radical (unpaired) electrons. The zero-order valence-corrected chi connectivity index (χ0v) is 16.5. The number of benzene rings is 1. The molecule has 1 unspecified atom stereocenters. The molecule has 7 heteroatoms.